The number of carbonyl (C=O) groups is 6. The van der Waals surface area contributed by atoms with Crippen molar-refractivity contribution >= 4 is 47.1 Å². The number of carboxylic acid groups (broad SMARTS) is 4. The second-order valence-corrected chi connectivity index (χ2v) is 6.69. The van der Waals surface area contributed by atoms with E-state index in [1.165, 1.54) is 0 Å². The standard InChI is InChI=1S/C21H18N2O10/c24-16(22-14-8-10(18(26)27)4-6-12(14)20(30)31)2-1-3-17(25)23-15-9-11(19(28)29)5-7-13(15)21(32)33/h4-9H,1-3H2,(H,22,24)(H,23,25)(H,26,27)(H,28,29)(H,30,31)(H,32,33). The molecule has 2 aromatic carbocycles. The zero-order chi connectivity index (χ0) is 24.7. The lowest BCUT2D eigenvalue weighted by Gasteiger charge is -2.11. The van der Waals surface area contributed by atoms with Gasteiger partial charge in [0.15, 0.2) is 0 Å². The maximum absolute atomic E-state index is 12.1. The van der Waals surface area contributed by atoms with E-state index in [1.807, 2.05) is 0 Å². The Balaban J connectivity index is 2.00. The number of carboxylic acids is 4. The first-order valence-electron chi connectivity index (χ1n) is 9.30. The minimum absolute atomic E-state index is 0.0142. The molecule has 0 fully saturated rings. The number of nitrogens with one attached hydrogen (secondary N) is 2. The lowest BCUT2D eigenvalue weighted by Crippen LogP contribution is -2.18. The molecule has 0 saturated carbocycles. The van der Waals surface area contributed by atoms with Crippen LogP contribution in [0.5, 0.6) is 0 Å². The number of hydrogen-bond donors (Lipinski definition) is 6. The molecule has 0 aliphatic heterocycles. The minimum atomic E-state index is -1.38. The van der Waals surface area contributed by atoms with Crippen molar-refractivity contribution in [1.82, 2.24) is 0 Å². The van der Waals surface area contributed by atoms with E-state index < -0.39 is 35.7 Å². The second-order valence-electron chi connectivity index (χ2n) is 6.69. The average Bonchev–Trinajstić information content (AvgIpc) is 2.73. The minimum Gasteiger partial charge on any atom is -0.478 e. The van der Waals surface area contributed by atoms with Crippen molar-refractivity contribution in [2.45, 2.75) is 19.3 Å². The highest BCUT2D eigenvalue weighted by molar-refractivity contribution is 6.04. The third kappa shape index (κ3) is 6.62. The van der Waals surface area contributed by atoms with Crippen LogP contribution in [-0.2, 0) is 9.59 Å². The predicted octanol–water partition coefficient (Wildman–Crippen LogP) is 2.23. The van der Waals surface area contributed by atoms with Crippen LogP contribution in [0, 0.1) is 0 Å². The van der Waals surface area contributed by atoms with Crippen molar-refractivity contribution < 1.29 is 49.2 Å². The molecular weight excluding hydrogens is 440 g/mol. The van der Waals surface area contributed by atoms with Crippen molar-refractivity contribution in [3.63, 3.8) is 0 Å². The van der Waals surface area contributed by atoms with Gasteiger partial charge in [-0.05, 0) is 42.8 Å². The summed E-state index contributed by atoms with van der Waals surface area (Å²) in [5.74, 6) is -6.73. The van der Waals surface area contributed by atoms with E-state index in [0.29, 0.717) is 0 Å². The van der Waals surface area contributed by atoms with Crippen LogP contribution in [0.25, 0.3) is 0 Å². The molecular formula is C21H18N2O10. The molecule has 0 spiro atoms. The summed E-state index contributed by atoms with van der Waals surface area (Å²) >= 11 is 0. The smallest absolute Gasteiger partial charge is 0.337 e. The first-order chi connectivity index (χ1) is 15.5. The Kier molecular flexibility index (Phi) is 7.82. The van der Waals surface area contributed by atoms with Gasteiger partial charge in [-0.3, -0.25) is 9.59 Å². The monoisotopic (exact) mass is 458 g/mol. The van der Waals surface area contributed by atoms with E-state index in [4.69, 9.17) is 10.2 Å². The largest absolute Gasteiger partial charge is 0.478 e. The summed E-state index contributed by atoms with van der Waals surface area (Å²) in [6.07, 6.45) is -0.477. The van der Waals surface area contributed by atoms with Crippen LogP contribution in [-0.4, -0.2) is 56.1 Å². The summed E-state index contributed by atoms with van der Waals surface area (Å²) in [7, 11) is 0. The summed E-state index contributed by atoms with van der Waals surface area (Å²) in [6.45, 7) is 0. The highest BCUT2D eigenvalue weighted by Gasteiger charge is 2.17. The highest BCUT2D eigenvalue weighted by Crippen LogP contribution is 2.20. The van der Waals surface area contributed by atoms with Crippen molar-refractivity contribution in [3.05, 3.63) is 58.7 Å². The summed E-state index contributed by atoms with van der Waals surface area (Å²) in [5, 5.41) is 41.0. The Labute approximate surface area is 185 Å². The van der Waals surface area contributed by atoms with Crippen LogP contribution >= 0.6 is 0 Å². The topological polar surface area (TPSA) is 207 Å². The van der Waals surface area contributed by atoms with Gasteiger partial charge in [-0.2, -0.15) is 0 Å². The molecule has 12 nitrogen and oxygen atoms in total. The molecule has 0 aliphatic carbocycles. The maximum Gasteiger partial charge on any atom is 0.337 e. The fourth-order valence-corrected chi connectivity index (χ4v) is 2.77. The van der Waals surface area contributed by atoms with E-state index in [1.54, 1.807) is 0 Å². The number of hydrogen-bond acceptors (Lipinski definition) is 6. The van der Waals surface area contributed by atoms with Gasteiger partial charge in [-0.1, -0.05) is 0 Å². The van der Waals surface area contributed by atoms with Gasteiger partial charge in [0.2, 0.25) is 11.8 Å². The molecule has 0 aromatic heterocycles. The molecule has 2 rings (SSSR count). The van der Waals surface area contributed by atoms with Crippen molar-refractivity contribution in [2.24, 2.45) is 0 Å². The molecule has 0 saturated heterocycles. The van der Waals surface area contributed by atoms with Gasteiger partial charge < -0.3 is 31.1 Å². The highest BCUT2D eigenvalue weighted by atomic mass is 16.4. The summed E-state index contributed by atoms with van der Waals surface area (Å²) in [5.41, 5.74) is -1.52. The molecule has 0 bridgehead atoms. The molecule has 6 N–H and O–H groups in total. The quantitative estimate of drug-likeness (QED) is 0.306. The fraction of sp³-hybridized carbons (Fsp3) is 0.143. The molecule has 33 heavy (non-hydrogen) atoms. The Morgan fingerprint density at radius 3 is 1.24 bits per heavy atom. The molecule has 172 valence electrons. The van der Waals surface area contributed by atoms with E-state index in [2.05, 4.69) is 10.6 Å². The fourth-order valence-electron chi connectivity index (χ4n) is 2.77. The lowest BCUT2D eigenvalue weighted by molar-refractivity contribution is -0.117. The Bertz CT molecular complexity index is 1070. The zero-order valence-corrected chi connectivity index (χ0v) is 16.8. The molecule has 2 aromatic rings. The predicted molar refractivity (Wildman–Crippen MR) is 112 cm³/mol. The molecule has 0 heterocycles. The number of amides is 2. The van der Waals surface area contributed by atoms with Gasteiger partial charge in [0.05, 0.1) is 33.6 Å². The molecule has 12 heteroatoms. The first kappa shape index (κ1) is 24.5. The van der Waals surface area contributed by atoms with E-state index in [9.17, 15) is 39.0 Å². The number of carbonyl (C=O) groups excluding carboxylic acids is 2. The van der Waals surface area contributed by atoms with Gasteiger partial charge in [0.25, 0.3) is 0 Å². The lowest BCUT2D eigenvalue weighted by atomic mass is 10.1. The van der Waals surface area contributed by atoms with E-state index in [-0.39, 0.29) is 52.9 Å². The normalized spacial score (nSPS) is 10.2. The van der Waals surface area contributed by atoms with Crippen LogP contribution in [0.3, 0.4) is 0 Å². The Hall–Kier alpha value is -4.74. The average molecular weight is 458 g/mol. The van der Waals surface area contributed by atoms with Crippen molar-refractivity contribution in [1.29, 1.82) is 0 Å². The first-order valence-corrected chi connectivity index (χ1v) is 9.30. The number of aromatic carboxylic acids is 4. The van der Waals surface area contributed by atoms with E-state index >= 15 is 0 Å². The zero-order valence-electron chi connectivity index (χ0n) is 16.8. The van der Waals surface area contributed by atoms with Gasteiger partial charge in [-0.25, -0.2) is 19.2 Å². The van der Waals surface area contributed by atoms with Crippen LogP contribution in [0.15, 0.2) is 36.4 Å². The van der Waals surface area contributed by atoms with Crippen LogP contribution < -0.4 is 10.6 Å². The summed E-state index contributed by atoms with van der Waals surface area (Å²) < 4.78 is 0. The van der Waals surface area contributed by atoms with Gasteiger partial charge in [0, 0.05) is 12.8 Å². The van der Waals surface area contributed by atoms with Crippen LogP contribution in [0.1, 0.15) is 60.7 Å². The van der Waals surface area contributed by atoms with Crippen molar-refractivity contribution in [2.75, 3.05) is 10.6 Å². The molecule has 0 radical (unpaired) electrons. The van der Waals surface area contributed by atoms with Crippen molar-refractivity contribution in [3.8, 4) is 0 Å². The third-order valence-corrected chi connectivity index (χ3v) is 4.35. The number of benzene rings is 2. The van der Waals surface area contributed by atoms with Crippen LogP contribution in [0.4, 0.5) is 11.4 Å². The van der Waals surface area contributed by atoms with E-state index in [0.717, 1.165) is 36.4 Å². The molecule has 0 atom stereocenters. The van der Waals surface area contributed by atoms with Gasteiger partial charge in [0.1, 0.15) is 0 Å². The molecule has 2 amide bonds. The Morgan fingerprint density at radius 2 is 0.939 bits per heavy atom. The SMILES string of the molecule is O=C(CCCC(=O)Nc1cc(C(=O)O)ccc1C(=O)O)Nc1cc(C(=O)O)ccc1C(=O)O. The molecule has 0 unspecified atom stereocenters. The van der Waals surface area contributed by atoms with Crippen LogP contribution in [0.2, 0.25) is 0 Å². The third-order valence-electron chi connectivity index (χ3n) is 4.35. The number of rotatable bonds is 10. The molecule has 0 aliphatic rings. The van der Waals surface area contributed by atoms with Gasteiger partial charge >= 0.3 is 23.9 Å². The summed E-state index contributed by atoms with van der Waals surface area (Å²) in [4.78, 5) is 69.0. The number of anilines is 2. The maximum atomic E-state index is 12.1. The summed E-state index contributed by atoms with van der Waals surface area (Å²) in [6, 6.07) is 6.24. The second kappa shape index (κ2) is 10.5. The Morgan fingerprint density at radius 1 is 0.576 bits per heavy atom. The van der Waals surface area contributed by atoms with Gasteiger partial charge in [-0.15, -0.1) is 0 Å².